The van der Waals surface area contributed by atoms with E-state index in [1.54, 1.807) is 0 Å². The van der Waals surface area contributed by atoms with Crippen molar-refractivity contribution in [2.75, 3.05) is 0 Å². The van der Waals surface area contributed by atoms with Crippen LogP contribution in [-0.2, 0) is 6.42 Å². The topological polar surface area (TPSA) is 20.2 Å². The number of rotatable bonds is 5. The zero-order chi connectivity index (χ0) is 9.52. The first-order valence-corrected chi connectivity index (χ1v) is 5.05. The summed E-state index contributed by atoms with van der Waals surface area (Å²) in [4.78, 5) is 0. The number of aliphatic hydroxyl groups is 1. The fourth-order valence-corrected chi connectivity index (χ4v) is 1.46. The fourth-order valence-electron chi connectivity index (χ4n) is 1.46. The molecule has 1 heteroatoms. The third-order valence-corrected chi connectivity index (χ3v) is 2.23. The molecule has 1 rings (SSSR count). The Bertz CT molecular complexity index is 218. The van der Waals surface area contributed by atoms with Crippen LogP contribution in [0.15, 0.2) is 30.3 Å². The van der Waals surface area contributed by atoms with Crippen molar-refractivity contribution < 1.29 is 5.11 Å². The Morgan fingerprint density at radius 2 is 1.85 bits per heavy atom. The minimum absolute atomic E-state index is 0.120. The number of aryl methyl sites for hydroxylation is 1. The molecule has 13 heavy (non-hydrogen) atoms. The summed E-state index contributed by atoms with van der Waals surface area (Å²) in [6, 6.07) is 10.3. The number of benzene rings is 1. The molecule has 0 saturated heterocycles. The normalized spacial score (nSPS) is 12.8. The van der Waals surface area contributed by atoms with Gasteiger partial charge in [-0.1, -0.05) is 43.7 Å². The largest absolute Gasteiger partial charge is 0.393 e. The Labute approximate surface area is 80.4 Å². The van der Waals surface area contributed by atoms with Crippen LogP contribution in [0.2, 0.25) is 0 Å². The first kappa shape index (κ1) is 10.3. The Morgan fingerprint density at radius 3 is 2.46 bits per heavy atom. The van der Waals surface area contributed by atoms with Crippen LogP contribution in [0.25, 0.3) is 0 Å². The first-order valence-electron chi connectivity index (χ1n) is 5.05. The fraction of sp³-hybridized carbons (Fsp3) is 0.500. The van der Waals surface area contributed by atoms with Gasteiger partial charge in [0, 0.05) is 0 Å². The van der Waals surface area contributed by atoms with Gasteiger partial charge in [0.15, 0.2) is 0 Å². The summed E-state index contributed by atoms with van der Waals surface area (Å²) >= 11 is 0. The van der Waals surface area contributed by atoms with Crippen molar-refractivity contribution in [3.63, 3.8) is 0 Å². The molecule has 1 aromatic rings. The van der Waals surface area contributed by atoms with Crippen LogP contribution in [0.4, 0.5) is 0 Å². The molecule has 0 spiro atoms. The molecule has 0 radical (unpaired) electrons. The van der Waals surface area contributed by atoms with Crippen LogP contribution in [0.5, 0.6) is 0 Å². The van der Waals surface area contributed by atoms with Gasteiger partial charge >= 0.3 is 0 Å². The third-order valence-electron chi connectivity index (χ3n) is 2.23. The summed E-state index contributed by atoms with van der Waals surface area (Å²) in [5, 5.41) is 9.51. The molecule has 0 aliphatic rings. The highest BCUT2D eigenvalue weighted by molar-refractivity contribution is 5.14. The molecule has 1 aromatic carbocycles. The van der Waals surface area contributed by atoms with E-state index in [-0.39, 0.29) is 6.10 Å². The molecule has 72 valence electrons. The standard InChI is InChI=1S/C12H18O/c1-2-6-12(13)10-9-11-7-4-3-5-8-11/h3-5,7-8,12-13H,2,6,9-10H2,1H3/t12-/m1/s1. The monoisotopic (exact) mass is 178 g/mol. The molecule has 0 saturated carbocycles. The van der Waals surface area contributed by atoms with Crippen LogP contribution in [0.1, 0.15) is 31.7 Å². The second kappa shape index (κ2) is 5.76. The van der Waals surface area contributed by atoms with Gasteiger partial charge < -0.3 is 5.11 Å². The summed E-state index contributed by atoms with van der Waals surface area (Å²) in [7, 11) is 0. The van der Waals surface area contributed by atoms with Crippen LogP contribution < -0.4 is 0 Å². The molecule has 1 atom stereocenters. The molecule has 0 amide bonds. The molecule has 0 unspecified atom stereocenters. The predicted molar refractivity (Wildman–Crippen MR) is 55.7 cm³/mol. The highest BCUT2D eigenvalue weighted by Crippen LogP contribution is 2.07. The van der Waals surface area contributed by atoms with Gasteiger partial charge in [0.05, 0.1) is 6.10 Å². The zero-order valence-corrected chi connectivity index (χ0v) is 8.24. The maximum atomic E-state index is 9.51. The van der Waals surface area contributed by atoms with Gasteiger partial charge in [-0.15, -0.1) is 0 Å². The zero-order valence-electron chi connectivity index (χ0n) is 8.24. The second-order valence-corrected chi connectivity index (χ2v) is 3.47. The second-order valence-electron chi connectivity index (χ2n) is 3.47. The Hall–Kier alpha value is -0.820. The number of aliphatic hydroxyl groups excluding tert-OH is 1. The first-order chi connectivity index (χ1) is 6.33. The van der Waals surface area contributed by atoms with Gasteiger partial charge in [0.2, 0.25) is 0 Å². The maximum absolute atomic E-state index is 9.51. The lowest BCUT2D eigenvalue weighted by atomic mass is 10.0. The lowest BCUT2D eigenvalue weighted by Crippen LogP contribution is -2.06. The average Bonchev–Trinajstić information content (AvgIpc) is 2.17. The Kier molecular flexibility index (Phi) is 4.55. The van der Waals surface area contributed by atoms with E-state index in [9.17, 15) is 5.11 Å². The van der Waals surface area contributed by atoms with Gasteiger partial charge in [-0.25, -0.2) is 0 Å². The molecule has 0 heterocycles. The summed E-state index contributed by atoms with van der Waals surface area (Å²) in [5.41, 5.74) is 1.32. The van der Waals surface area contributed by atoms with Crippen molar-refractivity contribution in [2.45, 2.75) is 38.7 Å². The minimum Gasteiger partial charge on any atom is -0.393 e. The summed E-state index contributed by atoms with van der Waals surface area (Å²) < 4.78 is 0. The Balaban J connectivity index is 2.27. The molecule has 1 nitrogen and oxygen atoms in total. The molecule has 0 aliphatic heterocycles. The molecule has 0 aliphatic carbocycles. The average molecular weight is 178 g/mol. The summed E-state index contributed by atoms with van der Waals surface area (Å²) in [6.45, 7) is 2.10. The van der Waals surface area contributed by atoms with Gasteiger partial charge in [-0.2, -0.15) is 0 Å². The van der Waals surface area contributed by atoms with Crippen molar-refractivity contribution in [3.05, 3.63) is 35.9 Å². The van der Waals surface area contributed by atoms with Gasteiger partial charge in [0.25, 0.3) is 0 Å². The third kappa shape index (κ3) is 4.09. The molecular formula is C12H18O. The smallest absolute Gasteiger partial charge is 0.0543 e. The van der Waals surface area contributed by atoms with Gasteiger partial charge in [-0.3, -0.25) is 0 Å². The number of hydrogen-bond donors (Lipinski definition) is 1. The van der Waals surface area contributed by atoms with Crippen LogP contribution in [-0.4, -0.2) is 11.2 Å². The van der Waals surface area contributed by atoms with Crippen molar-refractivity contribution in [2.24, 2.45) is 0 Å². The van der Waals surface area contributed by atoms with E-state index in [0.29, 0.717) is 0 Å². The maximum Gasteiger partial charge on any atom is 0.0543 e. The van der Waals surface area contributed by atoms with E-state index in [1.807, 2.05) is 18.2 Å². The lowest BCUT2D eigenvalue weighted by Gasteiger charge is -2.08. The molecule has 0 fully saturated rings. The highest BCUT2D eigenvalue weighted by Gasteiger charge is 2.02. The van der Waals surface area contributed by atoms with Crippen LogP contribution in [0, 0.1) is 0 Å². The van der Waals surface area contributed by atoms with E-state index in [2.05, 4.69) is 19.1 Å². The van der Waals surface area contributed by atoms with E-state index in [0.717, 1.165) is 25.7 Å². The minimum atomic E-state index is -0.120. The van der Waals surface area contributed by atoms with Crippen molar-refractivity contribution in [1.29, 1.82) is 0 Å². The summed E-state index contributed by atoms with van der Waals surface area (Å²) in [6.07, 6.45) is 3.74. The lowest BCUT2D eigenvalue weighted by molar-refractivity contribution is 0.154. The Morgan fingerprint density at radius 1 is 1.15 bits per heavy atom. The van der Waals surface area contributed by atoms with Gasteiger partial charge in [-0.05, 0) is 24.8 Å². The van der Waals surface area contributed by atoms with E-state index in [1.165, 1.54) is 5.56 Å². The predicted octanol–water partition coefficient (Wildman–Crippen LogP) is 2.78. The molecular weight excluding hydrogens is 160 g/mol. The van der Waals surface area contributed by atoms with Crippen LogP contribution >= 0.6 is 0 Å². The van der Waals surface area contributed by atoms with Crippen molar-refractivity contribution in [1.82, 2.24) is 0 Å². The van der Waals surface area contributed by atoms with Crippen LogP contribution in [0.3, 0.4) is 0 Å². The molecule has 1 N–H and O–H groups in total. The molecule has 0 aromatic heterocycles. The van der Waals surface area contributed by atoms with Crippen molar-refractivity contribution in [3.8, 4) is 0 Å². The van der Waals surface area contributed by atoms with E-state index < -0.39 is 0 Å². The highest BCUT2D eigenvalue weighted by atomic mass is 16.3. The summed E-state index contributed by atoms with van der Waals surface area (Å²) in [5.74, 6) is 0. The molecule has 0 bridgehead atoms. The number of hydrogen-bond acceptors (Lipinski definition) is 1. The van der Waals surface area contributed by atoms with E-state index >= 15 is 0 Å². The van der Waals surface area contributed by atoms with Crippen molar-refractivity contribution >= 4 is 0 Å². The SMILES string of the molecule is CCC[C@@H](O)CCc1ccccc1. The quantitative estimate of drug-likeness (QED) is 0.735. The van der Waals surface area contributed by atoms with E-state index in [4.69, 9.17) is 0 Å². The van der Waals surface area contributed by atoms with Gasteiger partial charge in [0.1, 0.15) is 0 Å².